The van der Waals surface area contributed by atoms with Gasteiger partial charge in [0.2, 0.25) is 5.95 Å². The summed E-state index contributed by atoms with van der Waals surface area (Å²) in [5.74, 6) is 0.672. The monoisotopic (exact) mass is 378 g/mol. The zero-order valence-electron chi connectivity index (χ0n) is 15.3. The van der Waals surface area contributed by atoms with E-state index in [9.17, 15) is 4.79 Å². The van der Waals surface area contributed by atoms with Crippen LogP contribution < -0.4 is 10.5 Å². The molecule has 1 N–H and O–H groups in total. The molecule has 4 aromatic rings. The second-order valence-electron chi connectivity index (χ2n) is 6.58. The number of hydrogen-bond donors (Lipinski definition) is 1. The highest BCUT2D eigenvalue weighted by atomic mass is 16.5. The van der Waals surface area contributed by atoms with Crippen molar-refractivity contribution >= 4 is 17.0 Å². The molecular formula is C19H18N6O3. The van der Waals surface area contributed by atoms with Gasteiger partial charge in [-0.1, -0.05) is 12.1 Å². The van der Waals surface area contributed by atoms with Crippen molar-refractivity contribution in [1.82, 2.24) is 24.7 Å². The van der Waals surface area contributed by atoms with Gasteiger partial charge in [0.15, 0.2) is 5.58 Å². The lowest BCUT2D eigenvalue weighted by Gasteiger charge is -2.27. The quantitative estimate of drug-likeness (QED) is 0.581. The maximum Gasteiger partial charge on any atom is 0.325 e. The Labute approximate surface area is 159 Å². The third kappa shape index (κ3) is 2.85. The molecule has 142 valence electrons. The van der Waals surface area contributed by atoms with Crippen LogP contribution in [0.3, 0.4) is 0 Å². The lowest BCUT2D eigenvalue weighted by molar-refractivity contribution is 0.122. The molecule has 28 heavy (non-hydrogen) atoms. The van der Waals surface area contributed by atoms with Gasteiger partial charge >= 0.3 is 6.01 Å². The fraction of sp³-hybridized carbons (Fsp3) is 0.263. The molecule has 0 spiro atoms. The number of para-hydroxylation sites is 2. The second-order valence-corrected chi connectivity index (χ2v) is 6.58. The van der Waals surface area contributed by atoms with Gasteiger partial charge in [0, 0.05) is 30.9 Å². The summed E-state index contributed by atoms with van der Waals surface area (Å²) in [6.07, 6.45) is 1.73. The van der Waals surface area contributed by atoms with Crippen LogP contribution in [-0.2, 0) is 4.74 Å². The molecule has 0 atom stereocenters. The summed E-state index contributed by atoms with van der Waals surface area (Å²) in [6.45, 7) is 4.78. The van der Waals surface area contributed by atoms with Gasteiger partial charge in [-0.25, -0.2) is 9.97 Å². The molecule has 0 amide bonds. The van der Waals surface area contributed by atoms with Crippen LogP contribution in [0.25, 0.3) is 28.4 Å². The highest BCUT2D eigenvalue weighted by Crippen LogP contribution is 2.22. The molecule has 9 heteroatoms. The number of fused-ring (bicyclic) bond motifs is 1. The van der Waals surface area contributed by atoms with Gasteiger partial charge in [0.1, 0.15) is 5.52 Å². The van der Waals surface area contributed by atoms with Crippen LogP contribution in [0, 0.1) is 6.92 Å². The Balaban J connectivity index is 1.50. The van der Waals surface area contributed by atoms with E-state index in [0.717, 1.165) is 24.3 Å². The Kier molecular flexibility index (Phi) is 3.94. The fourth-order valence-corrected chi connectivity index (χ4v) is 3.27. The first-order chi connectivity index (χ1) is 13.7. The molecule has 1 aliphatic rings. The topological polar surface area (TPSA) is 102 Å². The van der Waals surface area contributed by atoms with Gasteiger partial charge in [-0.2, -0.15) is 9.67 Å². The van der Waals surface area contributed by atoms with E-state index in [1.54, 1.807) is 6.20 Å². The van der Waals surface area contributed by atoms with Crippen molar-refractivity contribution in [3.8, 4) is 17.3 Å². The van der Waals surface area contributed by atoms with Crippen molar-refractivity contribution in [3.63, 3.8) is 0 Å². The van der Waals surface area contributed by atoms with Gasteiger partial charge in [-0.05, 0) is 19.1 Å². The molecule has 9 nitrogen and oxygen atoms in total. The molecule has 0 bridgehead atoms. The highest BCUT2D eigenvalue weighted by molar-refractivity contribution is 5.73. The second kappa shape index (κ2) is 6.61. The van der Waals surface area contributed by atoms with Gasteiger partial charge in [0.05, 0.1) is 24.6 Å². The third-order valence-corrected chi connectivity index (χ3v) is 4.75. The Morgan fingerprint density at radius 2 is 1.96 bits per heavy atom. The van der Waals surface area contributed by atoms with Crippen LogP contribution in [0.4, 0.5) is 5.95 Å². The number of oxazole rings is 1. The molecule has 3 aromatic heterocycles. The number of rotatable bonds is 3. The number of nitrogens with one attached hydrogen (secondary N) is 1. The van der Waals surface area contributed by atoms with Crippen molar-refractivity contribution < 1.29 is 9.15 Å². The summed E-state index contributed by atoms with van der Waals surface area (Å²) in [5, 5.41) is 3.05. The summed E-state index contributed by atoms with van der Waals surface area (Å²) in [6, 6.07) is 9.06. The molecule has 4 heterocycles. The molecule has 1 aliphatic heterocycles. The molecule has 1 aromatic carbocycles. The largest absolute Gasteiger partial charge is 0.422 e. The average Bonchev–Trinajstić information content (AvgIpc) is 3.31. The number of ether oxygens (including phenoxy) is 1. The van der Waals surface area contributed by atoms with E-state index in [1.807, 2.05) is 31.2 Å². The number of nitrogens with zero attached hydrogens (tertiary/aromatic N) is 5. The van der Waals surface area contributed by atoms with E-state index >= 15 is 0 Å². The summed E-state index contributed by atoms with van der Waals surface area (Å²) < 4.78 is 12.3. The summed E-state index contributed by atoms with van der Waals surface area (Å²) in [5.41, 5.74) is 3.19. The van der Waals surface area contributed by atoms with E-state index in [0.29, 0.717) is 36.0 Å². The van der Waals surface area contributed by atoms with Crippen molar-refractivity contribution in [2.45, 2.75) is 6.92 Å². The fourth-order valence-electron chi connectivity index (χ4n) is 3.27. The number of hydrogen-bond acceptors (Lipinski definition) is 7. The maximum atomic E-state index is 12.5. The summed E-state index contributed by atoms with van der Waals surface area (Å²) in [7, 11) is 0. The Morgan fingerprint density at radius 1 is 1.14 bits per heavy atom. The SMILES string of the molecule is Cc1nc(N2CCOCC2)ncc1-c1cc(=O)n(-c2nc3ccccc3o2)[nH]1. The third-order valence-electron chi connectivity index (χ3n) is 4.75. The molecule has 0 radical (unpaired) electrons. The molecule has 0 unspecified atom stereocenters. The van der Waals surface area contributed by atoms with E-state index in [1.165, 1.54) is 10.7 Å². The molecule has 5 rings (SSSR count). The predicted octanol–water partition coefficient (Wildman–Crippen LogP) is 1.91. The lowest BCUT2D eigenvalue weighted by atomic mass is 10.2. The molecule has 0 aliphatic carbocycles. The Hall–Kier alpha value is -3.46. The van der Waals surface area contributed by atoms with Crippen LogP contribution in [0.15, 0.2) is 45.7 Å². The first-order valence-electron chi connectivity index (χ1n) is 9.04. The van der Waals surface area contributed by atoms with E-state index < -0.39 is 0 Å². The molecular weight excluding hydrogens is 360 g/mol. The van der Waals surface area contributed by atoms with E-state index in [2.05, 4.69) is 25.0 Å². The minimum absolute atomic E-state index is 0.195. The number of benzene rings is 1. The van der Waals surface area contributed by atoms with Crippen LogP contribution in [0.1, 0.15) is 5.69 Å². The smallest absolute Gasteiger partial charge is 0.325 e. The van der Waals surface area contributed by atoms with Crippen molar-refractivity contribution in [3.05, 3.63) is 52.6 Å². The number of morpholine rings is 1. The first kappa shape index (κ1) is 16.7. The zero-order chi connectivity index (χ0) is 19.1. The van der Waals surface area contributed by atoms with Crippen LogP contribution in [0.5, 0.6) is 0 Å². The maximum absolute atomic E-state index is 12.5. The zero-order valence-corrected chi connectivity index (χ0v) is 15.3. The first-order valence-corrected chi connectivity index (χ1v) is 9.04. The number of anilines is 1. The normalized spacial score (nSPS) is 14.7. The van der Waals surface area contributed by atoms with Gasteiger partial charge in [-0.3, -0.25) is 9.89 Å². The van der Waals surface area contributed by atoms with E-state index in [4.69, 9.17) is 9.15 Å². The van der Waals surface area contributed by atoms with Gasteiger partial charge in [0.25, 0.3) is 5.56 Å². The molecule has 1 saturated heterocycles. The van der Waals surface area contributed by atoms with E-state index in [-0.39, 0.29) is 11.6 Å². The summed E-state index contributed by atoms with van der Waals surface area (Å²) >= 11 is 0. The predicted molar refractivity (Wildman–Crippen MR) is 103 cm³/mol. The van der Waals surface area contributed by atoms with Gasteiger partial charge in [-0.15, -0.1) is 0 Å². The van der Waals surface area contributed by atoms with Crippen molar-refractivity contribution in [2.75, 3.05) is 31.2 Å². The minimum atomic E-state index is -0.266. The Bertz CT molecular complexity index is 1170. The number of aromatic nitrogens is 5. The number of aromatic amines is 1. The van der Waals surface area contributed by atoms with Crippen molar-refractivity contribution in [2.24, 2.45) is 0 Å². The van der Waals surface area contributed by atoms with Crippen LogP contribution >= 0.6 is 0 Å². The minimum Gasteiger partial charge on any atom is -0.422 e. The number of aryl methyl sites for hydroxylation is 1. The van der Waals surface area contributed by atoms with Crippen molar-refractivity contribution in [1.29, 1.82) is 0 Å². The summed E-state index contributed by atoms with van der Waals surface area (Å²) in [4.78, 5) is 28.0. The number of H-pyrrole nitrogens is 1. The Morgan fingerprint density at radius 3 is 2.75 bits per heavy atom. The average molecular weight is 378 g/mol. The molecule has 0 saturated carbocycles. The van der Waals surface area contributed by atoms with Gasteiger partial charge < -0.3 is 14.1 Å². The van der Waals surface area contributed by atoms with Crippen LogP contribution in [-0.4, -0.2) is 51.0 Å². The van der Waals surface area contributed by atoms with Crippen LogP contribution in [0.2, 0.25) is 0 Å². The standard InChI is InChI=1S/C19H18N6O3/c1-12-13(11-20-18(21-12)24-6-8-27-9-7-24)15-10-17(26)25(23-15)19-22-14-4-2-3-5-16(14)28-19/h2-5,10-11,23H,6-9H2,1H3. The lowest BCUT2D eigenvalue weighted by Crippen LogP contribution is -2.37. The highest BCUT2D eigenvalue weighted by Gasteiger charge is 2.18. The molecule has 1 fully saturated rings.